The number of pyridine rings is 1. The maximum Gasteiger partial charge on any atom is 0.335 e. The molecule has 0 saturated carbocycles. The number of halogens is 1. The van der Waals surface area contributed by atoms with Gasteiger partial charge in [-0.2, -0.15) is 5.10 Å². The number of hydrogen-bond donors (Lipinski definition) is 2. The Bertz CT molecular complexity index is 599. The van der Waals surface area contributed by atoms with E-state index in [1.165, 1.54) is 12.1 Å². The van der Waals surface area contributed by atoms with Crippen LogP contribution in [0.3, 0.4) is 0 Å². The number of carbonyl (C=O) groups is 1. The van der Waals surface area contributed by atoms with Crippen molar-refractivity contribution in [2.24, 2.45) is 7.05 Å². The van der Waals surface area contributed by atoms with Crippen molar-refractivity contribution < 1.29 is 9.90 Å². The monoisotopic (exact) mass is 281 g/mol. The second-order valence-electron chi connectivity index (χ2n) is 3.88. The molecule has 0 atom stereocenters. The molecule has 0 aromatic carbocycles. The molecule has 0 spiro atoms. The van der Waals surface area contributed by atoms with Crippen LogP contribution in [-0.2, 0) is 13.5 Å². The highest BCUT2D eigenvalue weighted by Gasteiger charge is 2.07. The first-order valence-corrected chi connectivity index (χ1v) is 5.91. The molecule has 0 unspecified atom stereocenters. The van der Waals surface area contributed by atoms with Crippen molar-refractivity contribution in [2.45, 2.75) is 6.42 Å². The van der Waals surface area contributed by atoms with Crippen molar-refractivity contribution in [3.63, 3.8) is 0 Å². The summed E-state index contributed by atoms with van der Waals surface area (Å²) in [7, 11) is 1.79. The lowest BCUT2D eigenvalue weighted by molar-refractivity contribution is 0.0697. The topological polar surface area (TPSA) is 92.9 Å². The van der Waals surface area contributed by atoms with Gasteiger partial charge >= 0.3 is 5.97 Å². The molecule has 0 amide bonds. The molecular weight excluding hydrogens is 270 g/mol. The van der Waals surface area contributed by atoms with E-state index < -0.39 is 5.97 Å². The number of carboxylic acid groups (broad SMARTS) is 1. The number of nitrogens with zero attached hydrogens (tertiary/aromatic N) is 4. The molecule has 0 radical (unpaired) electrons. The van der Waals surface area contributed by atoms with Crippen LogP contribution in [0, 0.1) is 0 Å². The van der Waals surface area contributed by atoms with Crippen LogP contribution in [0.4, 0.5) is 5.82 Å². The van der Waals surface area contributed by atoms with Gasteiger partial charge in [-0.1, -0.05) is 11.6 Å². The molecule has 2 rings (SSSR count). The summed E-state index contributed by atoms with van der Waals surface area (Å²) in [5.41, 5.74) is 0.0958. The summed E-state index contributed by atoms with van der Waals surface area (Å²) in [6.07, 6.45) is 2.23. The normalized spacial score (nSPS) is 10.4. The lowest BCUT2D eigenvalue weighted by Gasteiger charge is -2.05. The Morgan fingerprint density at radius 3 is 2.95 bits per heavy atom. The lowest BCUT2D eigenvalue weighted by Crippen LogP contribution is -2.09. The van der Waals surface area contributed by atoms with Crippen LogP contribution >= 0.6 is 11.6 Å². The third-order valence-electron chi connectivity index (χ3n) is 2.34. The Morgan fingerprint density at radius 1 is 1.53 bits per heavy atom. The average Bonchev–Trinajstić information content (AvgIpc) is 2.74. The van der Waals surface area contributed by atoms with Gasteiger partial charge in [-0.15, -0.1) is 0 Å². The number of nitrogens with one attached hydrogen (secondary N) is 1. The maximum absolute atomic E-state index is 10.9. The van der Waals surface area contributed by atoms with Gasteiger partial charge in [0.2, 0.25) is 0 Å². The van der Waals surface area contributed by atoms with Crippen LogP contribution in [0.25, 0.3) is 0 Å². The van der Waals surface area contributed by atoms with Crippen molar-refractivity contribution in [3.05, 3.63) is 35.0 Å². The lowest BCUT2D eigenvalue weighted by atomic mass is 10.2. The van der Waals surface area contributed by atoms with Crippen LogP contribution in [0.15, 0.2) is 18.5 Å². The number of aryl methyl sites for hydroxylation is 1. The van der Waals surface area contributed by atoms with Gasteiger partial charge < -0.3 is 10.4 Å². The van der Waals surface area contributed by atoms with E-state index in [4.69, 9.17) is 16.7 Å². The fourth-order valence-corrected chi connectivity index (χ4v) is 1.72. The molecular formula is C11H12ClN5O2. The van der Waals surface area contributed by atoms with E-state index in [1.807, 2.05) is 0 Å². The average molecular weight is 282 g/mol. The van der Waals surface area contributed by atoms with Gasteiger partial charge in [0, 0.05) is 20.0 Å². The van der Waals surface area contributed by atoms with Crippen LogP contribution in [0.2, 0.25) is 5.15 Å². The van der Waals surface area contributed by atoms with Gasteiger partial charge in [-0.25, -0.2) is 14.8 Å². The largest absolute Gasteiger partial charge is 0.478 e. The van der Waals surface area contributed by atoms with Gasteiger partial charge in [0.05, 0.1) is 5.56 Å². The quantitative estimate of drug-likeness (QED) is 0.801. The van der Waals surface area contributed by atoms with Crippen LogP contribution < -0.4 is 5.32 Å². The van der Waals surface area contributed by atoms with Crippen LogP contribution in [-0.4, -0.2) is 37.4 Å². The fourth-order valence-electron chi connectivity index (χ4n) is 1.51. The van der Waals surface area contributed by atoms with Crippen LogP contribution in [0.1, 0.15) is 16.2 Å². The van der Waals surface area contributed by atoms with Gasteiger partial charge in [-0.05, 0) is 12.1 Å². The first-order chi connectivity index (χ1) is 9.04. The highest BCUT2D eigenvalue weighted by Crippen LogP contribution is 2.14. The standard InChI is InChI=1S/C11H12ClN5O2/c1-17-6-14-9(16-17)2-3-13-10-5-7(11(18)19)4-8(12)15-10/h4-6H,2-3H2,1H3,(H,13,15)(H,18,19). The first kappa shape index (κ1) is 13.3. The Morgan fingerprint density at radius 2 is 2.32 bits per heavy atom. The van der Waals surface area contributed by atoms with E-state index in [0.29, 0.717) is 24.6 Å². The molecule has 0 aliphatic heterocycles. The zero-order valence-corrected chi connectivity index (χ0v) is 10.9. The summed E-state index contributed by atoms with van der Waals surface area (Å²) in [6, 6.07) is 2.73. The molecule has 2 aromatic rings. The first-order valence-electron chi connectivity index (χ1n) is 5.54. The number of aromatic nitrogens is 4. The van der Waals surface area contributed by atoms with E-state index in [0.717, 1.165) is 0 Å². The molecule has 8 heteroatoms. The summed E-state index contributed by atoms with van der Waals surface area (Å²) in [4.78, 5) is 18.9. The highest BCUT2D eigenvalue weighted by molar-refractivity contribution is 6.29. The van der Waals surface area contributed by atoms with Gasteiger partial charge in [-0.3, -0.25) is 4.68 Å². The SMILES string of the molecule is Cn1cnc(CCNc2cc(C(=O)O)cc(Cl)n2)n1. The van der Waals surface area contributed by atoms with Crippen molar-refractivity contribution in [2.75, 3.05) is 11.9 Å². The Hall–Kier alpha value is -2.15. The van der Waals surface area contributed by atoms with E-state index in [1.54, 1.807) is 18.1 Å². The molecule has 0 saturated heterocycles. The number of hydrogen-bond acceptors (Lipinski definition) is 5. The Labute approximate surface area is 114 Å². The molecule has 100 valence electrons. The number of anilines is 1. The third kappa shape index (κ3) is 3.65. The number of carboxylic acids is 1. The summed E-state index contributed by atoms with van der Waals surface area (Å²) >= 11 is 5.75. The maximum atomic E-state index is 10.9. The fraction of sp³-hybridized carbons (Fsp3) is 0.273. The number of rotatable bonds is 5. The summed E-state index contributed by atoms with van der Waals surface area (Å²) < 4.78 is 1.62. The predicted molar refractivity (Wildman–Crippen MR) is 69.4 cm³/mol. The molecule has 2 aromatic heterocycles. The molecule has 19 heavy (non-hydrogen) atoms. The molecule has 0 bridgehead atoms. The zero-order chi connectivity index (χ0) is 13.8. The summed E-state index contributed by atoms with van der Waals surface area (Å²) in [6.45, 7) is 0.538. The Balaban J connectivity index is 1.97. The second kappa shape index (κ2) is 5.66. The molecule has 2 heterocycles. The summed E-state index contributed by atoms with van der Waals surface area (Å²) in [5.74, 6) is 0.0788. The molecule has 0 aliphatic carbocycles. The zero-order valence-electron chi connectivity index (χ0n) is 10.2. The van der Waals surface area contributed by atoms with Crippen molar-refractivity contribution >= 4 is 23.4 Å². The van der Waals surface area contributed by atoms with Crippen molar-refractivity contribution in [3.8, 4) is 0 Å². The minimum absolute atomic E-state index is 0.0958. The van der Waals surface area contributed by atoms with Crippen LogP contribution in [0.5, 0.6) is 0 Å². The van der Waals surface area contributed by atoms with Gasteiger partial charge in [0.1, 0.15) is 17.3 Å². The molecule has 2 N–H and O–H groups in total. The Kier molecular flexibility index (Phi) is 3.96. The molecule has 0 fully saturated rings. The summed E-state index contributed by atoms with van der Waals surface area (Å²) in [5, 5.41) is 16.2. The highest BCUT2D eigenvalue weighted by atomic mass is 35.5. The minimum atomic E-state index is -1.04. The van der Waals surface area contributed by atoms with E-state index >= 15 is 0 Å². The van der Waals surface area contributed by atoms with E-state index in [2.05, 4.69) is 20.4 Å². The molecule has 7 nitrogen and oxygen atoms in total. The predicted octanol–water partition coefficient (Wildman–Crippen LogP) is 1.22. The second-order valence-corrected chi connectivity index (χ2v) is 4.27. The van der Waals surface area contributed by atoms with Gasteiger partial charge in [0.25, 0.3) is 0 Å². The minimum Gasteiger partial charge on any atom is -0.478 e. The number of aromatic carboxylic acids is 1. The smallest absolute Gasteiger partial charge is 0.335 e. The molecule has 0 aliphatic rings. The third-order valence-corrected chi connectivity index (χ3v) is 2.54. The van der Waals surface area contributed by atoms with Crippen molar-refractivity contribution in [1.29, 1.82) is 0 Å². The van der Waals surface area contributed by atoms with E-state index in [9.17, 15) is 4.79 Å². The van der Waals surface area contributed by atoms with Gasteiger partial charge in [0.15, 0.2) is 5.82 Å². The van der Waals surface area contributed by atoms with Crippen molar-refractivity contribution in [1.82, 2.24) is 19.7 Å². The van der Waals surface area contributed by atoms with E-state index in [-0.39, 0.29) is 10.7 Å².